The van der Waals surface area contributed by atoms with E-state index in [0.717, 1.165) is 13.1 Å². The molecule has 3 aromatic rings. The van der Waals surface area contributed by atoms with E-state index in [2.05, 4.69) is 4.90 Å². The minimum atomic E-state index is -0.842. The molecule has 1 aromatic heterocycles. The van der Waals surface area contributed by atoms with Crippen molar-refractivity contribution in [3.05, 3.63) is 65.1 Å². The van der Waals surface area contributed by atoms with Crippen LogP contribution in [0.5, 0.6) is 17.2 Å². The first-order chi connectivity index (χ1) is 17.9. The molecule has 9 nitrogen and oxygen atoms in total. The second-order valence-electron chi connectivity index (χ2n) is 8.62. The summed E-state index contributed by atoms with van der Waals surface area (Å²) in [5.74, 6) is -0.326. The highest BCUT2D eigenvalue weighted by atomic mass is 16.5. The van der Waals surface area contributed by atoms with Crippen molar-refractivity contribution in [3.8, 4) is 17.2 Å². The lowest BCUT2D eigenvalue weighted by Gasteiger charge is -2.29. The SMILES string of the molecule is CCN(CC)CCN1C(=O)C(O)=C(C(=O)c2cc3cccc(OC)c3o2)[C@H]1c1ccc(OC)c(OC)c1. The fourth-order valence-electron chi connectivity index (χ4n) is 4.72. The molecule has 0 bridgehead atoms. The van der Waals surface area contributed by atoms with Crippen LogP contribution in [0.3, 0.4) is 0 Å². The molecule has 0 saturated carbocycles. The van der Waals surface area contributed by atoms with Gasteiger partial charge in [0, 0.05) is 18.5 Å². The zero-order valence-electron chi connectivity index (χ0n) is 21.7. The fraction of sp³-hybridized carbons (Fsp3) is 0.357. The standard InChI is InChI=1S/C28H32N2O7/c1-6-29(7-2)13-14-30-24(17-11-12-19(34-3)21(15-17)36-5)23(26(32)28(30)33)25(31)22-16-18-9-8-10-20(35-4)27(18)37-22/h8-12,15-16,24,32H,6-7,13-14H2,1-5H3/t24-/m1/s1. The summed E-state index contributed by atoms with van der Waals surface area (Å²) in [4.78, 5) is 30.8. The average molecular weight is 509 g/mol. The molecule has 37 heavy (non-hydrogen) atoms. The number of rotatable bonds is 11. The maximum absolute atomic E-state index is 13.8. The smallest absolute Gasteiger partial charge is 0.290 e. The number of benzene rings is 2. The van der Waals surface area contributed by atoms with Crippen LogP contribution < -0.4 is 14.2 Å². The van der Waals surface area contributed by atoms with Gasteiger partial charge in [-0.15, -0.1) is 0 Å². The van der Waals surface area contributed by atoms with Crippen LogP contribution in [0.15, 0.2) is 58.2 Å². The van der Waals surface area contributed by atoms with Crippen LogP contribution in [0.1, 0.15) is 36.0 Å². The van der Waals surface area contributed by atoms with Crippen LogP contribution in [0.2, 0.25) is 0 Å². The van der Waals surface area contributed by atoms with Gasteiger partial charge in [-0.1, -0.05) is 32.0 Å². The second kappa shape index (κ2) is 11.0. The van der Waals surface area contributed by atoms with Gasteiger partial charge in [-0.05, 0) is 42.9 Å². The van der Waals surface area contributed by atoms with Gasteiger partial charge in [0.25, 0.3) is 5.91 Å². The first-order valence-electron chi connectivity index (χ1n) is 12.2. The molecule has 9 heteroatoms. The predicted octanol–water partition coefficient (Wildman–Crippen LogP) is 4.38. The maximum atomic E-state index is 13.8. The third kappa shape index (κ3) is 4.74. The number of amides is 1. The first kappa shape index (κ1) is 26.1. The zero-order valence-corrected chi connectivity index (χ0v) is 21.7. The molecule has 1 amide bonds. The van der Waals surface area contributed by atoms with E-state index < -0.39 is 23.5 Å². The molecule has 0 radical (unpaired) electrons. The van der Waals surface area contributed by atoms with Gasteiger partial charge in [0.1, 0.15) is 0 Å². The summed E-state index contributed by atoms with van der Waals surface area (Å²) < 4.78 is 22.1. The van der Waals surface area contributed by atoms with E-state index in [1.54, 1.807) is 42.5 Å². The van der Waals surface area contributed by atoms with E-state index >= 15 is 0 Å². The molecular formula is C28H32N2O7. The monoisotopic (exact) mass is 508 g/mol. The number of methoxy groups -OCH3 is 3. The van der Waals surface area contributed by atoms with Gasteiger partial charge >= 0.3 is 0 Å². The first-order valence-corrected chi connectivity index (χ1v) is 12.2. The lowest BCUT2D eigenvalue weighted by atomic mass is 9.94. The largest absolute Gasteiger partial charge is 0.503 e. The van der Waals surface area contributed by atoms with Crippen molar-refractivity contribution in [1.82, 2.24) is 9.80 Å². The summed E-state index contributed by atoms with van der Waals surface area (Å²) in [6, 6.07) is 11.3. The molecule has 0 aliphatic carbocycles. The molecule has 0 fully saturated rings. The van der Waals surface area contributed by atoms with Crippen molar-refractivity contribution < 1.29 is 33.3 Å². The quantitative estimate of drug-likeness (QED) is 0.381. The van der Waals surface area contributed by atoms with Crippen molar-refractivity contribution in [1.29, 1.82) is 0 Å². The van der Waals surface area contributed by atoms with E-state index in [9.17, 15) is 14.7 Å². The topological polar surface area (TPSA) is 102 Å². The number of ether oxygens (including phenoxy) is 3. The van der Waals surface area contributed by atoms with Gasteiger partial charge < -0.3 is 33.5 Å². The third-order valence-corrected chi connectivity index (χ3v) is 6.77. The zero-order chi connectivity index (χ0) is 26.7. The van der Waals surface area contributed by atoms with E-state index in [1.807, 2.05) is 13.8 Å². The molecule has 1 aliphatic heterocycles. The molecule has 1 aliphatic rings. The number of hydrogen-bond donors (Lipinski definition) is 1. The number of likely N-dealkylation sites (N-methyl/N-ethyl adjacent to an activating group) is 1. The minimum Gasteiger partial charge on any atom is -0.503 e. The van der Waals surface area contributed by atoms with Crippen LogP contribution in [-0.4, -0.2) is 74.1 Å². The molecule has 0 unspecified atom stereocenters. The molecule has 2 aromatic carbocycles. The number of aliphatic hydroxyl groups is 1. The Kier molecular flexibility index (Phi) is 7.73. The molecule has 0 saturated heterocycles. The number of nitrogens with zero attached hydrogens (tertiary/aromatic N) is 2. The van der Waals surface area contributed by atoms with Crippen LogP contribution >= 0.6 is 0 Å². The highest BCUT2D eigenvalue weighted by Gasteiger charge is 2.44. The van der Waals surface area contributed by atoms with Gasteiger partial charge in [0.15, 0.2) is 34.4 Å². The Morgan fingerprint density at radius 3 is 2.35 bits per heavy atom. The number of aliphatic hydroxyl groups excluding tert-OH is 1. The summed E-state index contributed by atoms with van der Waals surface area (Å²) in [6.07, 6.45) is 0. The summed E-state index contributed by atoms with van der Waals surface area (Å²) in [5.41, 5.74) is 0.972. The van der Waals surface area contributed by atoms with Gasteiger partial charge in [0.05, 0.1) is 32.9 Å². The number of carbonyl (C=O) groups is 2. The number of furan rings is 1. The van der Waals surface area contributed by atoms with Crippen molar-refractivity contribution in [2.75, 3.05) is 47.5 Å². The molecule has 0 spiro atoms. The molecule has 196 valence electrons. The predicted molar refractivity (Wildman–Crippen MR) is 139 cm³/mol. The van der Waals surface area contributed by atoms with Crippen molar-refractivity contribution in [2.24, 2.45) is 0 Å². The molecular weight excluding hydrogens is 476 g/mol. The number of para-hydroxylation sites is 1. The minimum absolute atomic E-state index is 0.00456. The van der Waals surface area contributed by atoms with E-state index in [1.165, 1.54) is 26.2 Å². The highest BCUT2D eigenvalue weighted by molar-refractivity contribution is 6.16. The van der Waals surface area contributed by atoms with Gasteiger partial charge in [-0.25, -0.2) is 0 Å². The molecule has 1 N–H and O–H groups in total. The molecule has 2 heterocycles. The Hall–Kier alpha value is -3.98. The Balaban J connectivity index is 1.80. The van der Waals surface area contributed by atoms with Gasteiger partial charge in [-0.2, -0.15) is 0 Å². The molecule has 1 atom stereocenters. The van der Waals surface area contributed by atoms with Gasteiger partial charge in [0.2, 0.25) is 5.78 Å². The van der Waals surface area contributed by atoms with E-state index in [0.29, 0.717) is 46.9 Å². The number of Topliss-reactive ketones (excluding diaryl/α,β-unsaturated/α-hetero) is 1. The number of carbonyl (C=O) groups excluding carboxylic acids is 2. The second-order valence-corrected chi connectivity index (χ2v) is 8.62. The lowest BCUT2D eigenvalue weighted by molar-refractivity contribution is -0.129. The summed E-state index contributed by atoms with van der Waals surface area (Å²) >= 11 is 0. The fourth-order valence-corrected chi connectivity index (χ4v) is 4.72. The average Bonchev–Trinajstić information content (AvgIpc) is 3.47. The summed E-state index contributed by atoms with van der Waals surface area (Å²) in [5, 5.41) is 11.7. The van der Waals surface area contributed by atoms with Gasteiger partial charge in [-0.3, -0.25) is 9.59 Å². The van der Waals surface area contributed by atoms with Crippen LogP contribution in [0, 0.1) is 0 Å². The lowest BCUT2D eigenvalue weighted by Crippen LogP contribution is -2.38. The number of ketones is 1. The Labute approximate surface area is 215 Å². The van der Waals surface area contributed by atoms with Crippen LogP contribution in [-0.2, 0) is 4.79 Å². The summed E-state index contributed by atoms with van der Waals surface area (Å²) in [6.45, 7) is 6.61. The third-order valence-electron chi connectivity index (χ3n) is 6.77. The maximum Gasteiger partial charge on any atom is 0.290 e. The normalized spacial score (nSPS) is 15.7. The number of hydrogen-bond acceptors (Lipinski definition) is 8. The Morgan fingerprint density at radius 2 is 1.70 bits per heavy atom. The van der Waals surface area contributed by atoms with Crippen LogP contribution in [0.4, 0.5) is 0 Å². The number of fused-ring (bicyclic) bond motifs is 1. The van der Waals surface area contributed by atoms with Crippen molar-refractivity contribution >= 4 is 22.7 Å². The van der Waals surface area contributed by atoms with Crippen LogP contribution in [0.25, 0.3) is 11.0 Å². The Bertz CT molecular complexity index is 1340. The van der Waals surface area contributed by atoms with E-state index in [-0.39, 0.29) is 11.3 Å². The Morgan fingerprint density at radius 1 is 1.00 bits per heavy atom. The highest BCUT2D eigenvalue weighted by Crippen LogP contribution is 2.42. The van der Waals surface area contributed by atoms with Crippen molar-refractivity contribution in [3.63, 3.8) is 0 Å². The summed E-state index contributed by atoms with van der Waals surface area (Å²) in [7, 11) is 4.56. The van der Waals surface area contributed by atoms with Crippen molar-refractivity contribution in [2.45, 2.75) is 19.9 Å². The molecule has 4 rings (SSSR count). The van der Waals surface area contributed by atoms with E-state index in [4.69, 9.17) is 18.6 Å².